The normalized spacial score (nSPS) is 12.8. The smallest absolute Gasteiger partial charge is 0.422 e. The van der Waals surface area contributed by atoms with Crippen molar-refractivity contribution in [2.45, 2.75) is 19.1 Å². The number of halogens is 4. The average molecular weight is 395 g/mol. The van der Waals surface area contributed by atoms with Gasteiger partial charge in [0.2, 0.25) is 0 Å². The summed E-state index contributed by atoms with van der Waals surface area (Å²) in [5, 5.41) is 3.39. The number of rotatable bonds is 5. The molecule has 1 aromatic carbocycles. The number of amides is 1. The fourth-order valence-corrected chi connectivity index (χ4v) is 2.78. The second kappa shape index (κ2) is 7.49. The third kappa shape index (κ3) is 4.41. The summed E-state index contributed by atoms with van der Waals surface area (Å²) in [7, 11) is 1.71. The number of ether oxygens (including phenoxy) is 1. The van der Waals surface area contributed by atoms with Crippen LogP contribution in [0.15, 0.2) is 42.7 Å². The van der Waals surface area contributed by atoms with E-state index in [-0.39, 0.29) is 11.7 Å². The van der Waals surface area contributed by atoms with E-state index in [0.29, 0.717) is 22.2 Å². The minimum absolute atomic E-state index is 0.0179. The van der Waals surface area contributed by atoms with Crippen LogP contribution >= 0.6 is 0 Å². The van der Waals surface area contributed by atoms with E-state index in [9.17, 15) is 22.4 Å². The van der Waals surface area contributed by atoms with E-state index in [2.05, 4.69) is 15.0 Å². The molecule has 1 amide bonds. The van der Waals surface area contributed by atoms with Crippen molar-refractivity contribution in [3.8, 4) is 5.75 Å². The van der Waals surface area contributed by atoms with Crippen molar-refractivity contribution in [1.29, 1.82) is 0 Å². The molecule has 0 spiro atoms. The number of hydrogen-bond acceptors (Lipinski definition) is 3. The number of carbonyl (C=O) groups excluding carboxylic acids is 1. The number of carbonyl (C=O) groups is 1. The molecule has 3 aromatic rings. The molecule has 2 aromatic heterocycles. The van der Waals surface area contributed by atoms with Gasteiger partial charge in [0, 0.05) is 18.6 Å². The number of aromatic nitrogens is 2. The van der Waals surface area contributed by atoms with Crippen LogP contribution in [-0.4, -0.2) is 28.2 Å². The molecule has 0 fully saturated rings. The fraction of sp³-hybridized carbons (Fsp3) is 0.263. The quantitative estimate of drug-likeness (QED) is 0.661. The molecule has 0 saturated heterocycles. The summed E-state index contributed by atoms with van der Waals surface area (Å²) in [5.41, 5.74) is 1.43. The van der Waals surface area contributed by atoms with Gasteiger partial charge in [-0.25, -0.2) is 4.39 Å². The first-order valence-corrected chi connectivity index (χ1v) is 8.35. The van der Waals surface area contributed by atoms with Gasteiger partial charge in [-0.05, 0) is 37.3 Å². The number of alkyl halides is 3. The van der Waals surface area contributed by atoms with Crippen LogP contribution < -0.4 is 10.1 Å². The van der Waals surface area contributed by atoms with Gasteiger partial charge in [0.25, 0.3) is 5.91 Å². The monoisotopic (exact) mass is 395 g/mol. The van der Waals surface area contributed by atoms with Gasteiger partial charge >= 0.3 is 6.18 Å². The van der Waals surface area contributed by atoms with Crippen LogP contribution in [0, 0.1) is 5.82 Å². The van der Waals surface area contributed by atoms with Crippen molar-refractivity contribution >= 4 is 16.8 Å². The lowest BCUT2D eigenvalue weighted by molar-refractivity contribution is -0.153. The zero-order valence-electron chi connectivity index (χ0n) is 15.0. The second-order valence-electron chi connectivity index (χ2n) is 6.33. The van der Waals surface area contributed by atoms with Gasteiger partial charge in [-0.1, -0.05) is 0 Å². The Kier molecular flexibility index (Phi) is 5.26. The van der Waals surface area contributed by atoms with Crippen molar-refractivity contribution in [2.24, 2.45) is 7.05 Å². The van der Waals surface area contributed by atoms with Crippen molar-refractivity contribution in [2.75, 3.05) is 6.61 Å². The molecule has 0 aliphatic rings. The van der Waals surface area contributed by atoms with Crippen molar-refractivity contribution in [3.63, 3.8) is 0 Å². The minimum atomic E-state index is -4.43. The van der Waals surface area contributed by atoms with Crippen molar-refractivity contribution < 1.29 is 27.1 Å². The Morgan fingerprint density at radius 2 is 2.04 bits per heavy atom. The van der Waals surface area contributed by atoms with E-state index in [0.717, 1.165) is 0 Å². The van der Waals surface area contributed by atoms with Gasteiger partial charge in [0.1, 0.15) is 11.6 Å². The molecule has 1 atom stereocenters. The summed E-state index contributed by atoms with van der Waals surface area (Å²) in [4.78, 5) is 16.7. The zero-order chi connectivity index (χ0) is 20.5. The maximum absolute atomic E-state index is 13.4. The number of benzene rings is 1. The number of pyridine rings is 1. The van der Waals surface area contributed by atoms with Gasteiger partial charge in [0.05, 0.1) is 29.0 Å². The maximum atomic E-state index is 13.4. The Balaban J connectivity index is 1.71. The summed E-state index contributed by atoms with van der Waals surface area (Å²) in [6.07, 6.45) is -1.65. The van der Waals surface area contributed by atoms with E-state index in [1.807, 2.05) is 0 Å². The second-order valence-corrected chi connectivity index (χ2v) is 6.33. The van der Waals surface area contributed by atoms with E-state index >= 15 is 0 Å². The molecular formula is C19H17F4N3O2. The number of hydrogen-bond donors (Lipinski definition) is 1. The highest BCUT2D eigenvalue weighted by Gasteiger charge is 2.28. The number of fused-ring (bicyclic) bond motifs is 1. The Morgan fingerprint density at radius 3 is 2.68 bits per heavy atom. The summed E-state index contributed by atoms with van der Waals surface area (Å²) in [5.74, 6) is -0.786. The minimum Gasteiger partial charge on any atom is -0.483 e. The predicted octanol–water partition coefficient (Wildman–Crippen LogP) is 4.14. The molecule has 9 heteroatoms. The lowest BCUT2D eigenvalue weighted by Crippen LogP contribution is -2.27. The molecule has 148 valence electrons. The topological polar surface area (TPSA) is 56.2 Å². The van der Waals surface area contributed by atoms with Crippen LogP contribution in [0.25, 0.3) is 10.9 Å². The van der Waals surface area contributed by atoms with E-state index in [1.54, 1.807) is 24.7 Å². The Bertz CT molecular complexity index is 997. The van der Waals surface area contributed by atoms with Crippen molar-refractivity contribution in [3.05, 3.63) is 59.8 Å². The number of nitrogens with zero attached hydrogens (tertiary/aromatic N) is 2. The molecule has 2 heterocycles. The molecule has 3 rings (SSSR count). The molecule has 0 aliphatic heterocycles. The average Bonchev–Trinajstić information content (AvgIpc) is 2.96. The summed E-state index contributed by atoms with van der Waals surface area (Å²) in [6.45, 7) is 0.295. The van der Waals surface area contributed by atoms with Crippen LogP contribution in [0.3, 0.4) is 0 Å². The lowest BCUT2D eigenvalue weighted by Gasteiger charge is -2.14. The Hall–Kier alpha value is -3.10. The summed E-state index contributed by atoms with van der Waals surface area (Å²) in [6, 6.07) is 6.50. The van der Waals surface area contributed by atoms with Gasteiger partial charge in [-0.3, -0.25) is 9.78 Å². The Morgan fingerprint density at radius 1 is 1.29 bits per heavy atom. The molecule has 0 radical (unpaired) electrons. The predicted molar refractivity (Wildman–Crippen MR) is 94.5 cm³/mol. The number of aryl methyl sites for hydroxylation is 1. The van der Waals surface area contributed by atoms with Gasteiger partial charge in [-0.15, -0.1) is 0 Å². The van der Waals surface area contributed by atoms with Crippen LogP contribution in [-0.2, 0) is 7.05 Å². The molecule has 28 heavy (non-hydrogen) atoms. The van der Waals surface area contributed by atoms with Crippen LogP contribution in [0.1, 0.15) is 29.0 Å². The first-order valence-electron chi connectivity index (χ1n) is 8.35. The third-order valence-corrected chi connectivity index (χ3v) is 4.15. The molecule has 0 bridgehead atoms. The molecule has 1 unspecified atom stereocenters. The van der Waals surface area contributed by atoms with Gasteiger partial charge < -0.3 is 14.6 Å². The maximum Gasteiger partial charge on any atom is 0.422 e. The first-order chi connectivity index (χ1) is 13.1. The van der Waals surface area contributed by atoms with Gasteiger partial charge in [0.15, 0.2) is 6.61 Å². The zero-order valence-corrected chi connectivity index (χ0v) is 15.0. The largest absolute Gasteiger partial charge is 0.483 e. The van der Waals surface area contributed by atoms with E-state index in [4.69, 9.17) is 0 Å². The van der Waals surface area contributed by atoms with Crippen LogP contribution in [0.5, 0.6) is 5.75 Å². The summed E-state index contributed by atoms with van der Waals surface area (Å²) >= 11 is 0. The van der Waals surface area contributed by atoms with Crippen molar-refractivity contribution in [1.82, 2.24) is 14.9 Å². The molecule has 5 nitrogen and oxygen atoms in total. The molecule has 0 saturated carbocycles. The molecular weight excluding hydrogens is 378 g/mol. The SMILES string of the molecule is CC(NC(=O)c1cn(C)c2cc(F)ccc12)c1ccc(OCC(F)(F)F)cn1. The third-order valence-electron chi connectivity index (χ3n) is 4.15. The standard InChI is InChI=1S/C19H17F4N3O2/c1-11(16-6-4-13(8-24-16)28-10-19(21,22)23)25-18(27)15-9-26(2)17-7-12(20)3-5-14(15)17/h3-9,11H,10H2,1-2H3,(H,25,27). The molecule has 1 N–H and O–H groups in total. The fourth-order valence-electron chi connectivity index (χ4n) is 2.78. The van der Waals surface area contributed by atoms with Gasteiger partial charge in [-0.2, -0.15) is 13.2 Å². The van der Waals surface area contributed by atoms with Crippen LogP contribution in [0.4, 0.5) is 17.6 Å². The molecule has 0 aliphatic carbocycles. The van der Waals surface area contributed by atoms with E-state index < -0.39 is 24.6 Å². The number of nitrogens with one attached hydrogen (secondary N) is 1. The Labute approximate surface area is 157 Å². The van der Waals surface area contributed by atoms with E-state index in [1.165, 1.54) is 36.5 Å². The van der Waals surface area contributed by atoms with Crippen LogP contribution in [0.2, 0.25) is 0 Å². The highest BCUT2D eigenvalue weighted by Crippen LogP contribution is 2.23. The lowest BCUT2D eigenvalue weighted by atomic mass is 10.1. The highest BCUT2D eigenvalue weighted by molar-refractivity contribution is 6.07. The summed E-state index contributed by atoms with van der Waals surface area (Å²) < 4.78 is 56.2. The highest BCUT2D eigenvalue weighted by atomic mass is 19.4. The first kappa shape index (κ1) is 19.7.